The number of rotatable bonds is 6. The lowest BCUT2D eigenvalue weighted by molar-refractivity contribution is 0.0340. The normalized spacial score (nSPS) is 22.8. The molecule has 0 spiro atoms. The number of hydrogen-bond donors (Lipinski definition) is 1. The summed E-state index contributed by atoms with van der Waals surface area (Å²) in [4.78, 5) is 2.49. The van der Waals surface area contributed by atoms with E-state index in [0.29, 0.717) is 0 Å². The predicted molar refractivity (Wildman–Crippen MR) is 90.7 cm³/mol. The first-order chi connectivity index (χ1) is 10.9. The molecule has 0 amide bonds. The summed E-state index contributed by atoms with van der Waals surface area (Å²) >= 11 is 0. The summed E-state index contributed by atoms with van der Waals surface area (Å²) in [7, 11) is 0. The molecule has 1 fully saturated rings. The standard InChI is InChI=1S/C19H28N2O/c1-2-6-17(7-3-1)14-20-15-18-8-4-5-9-19(18)16-21-10-12-22-13-11-21/h1-2,4-5,8-9,17,20H,3,6-7,10-16H2. The van der Waals surface area contributed by atoms with E-state index in [1.54, 1.807) is 0 Å². The van der Waals surface area contributed by atoms with Crippen molar-refractivity contribution >= 4 is 0 Å². The molecule has 3 heteroatoms. The van der Waals surface area contributed by atoms with Crippen LogP contribution in [0.1, 0.15) is 30.4 Å². The highest BCUT2D eigenvalue weighted by molar-refractivity contribution is 5.27. The molecule has 1 unspecified atom stereocenters. The van der Waals surface area contributed by atoms with E-state index in [0.717, 1.165) is 51.9 Å². The molecule has 0 saturated carbocycles. The molecule has 1 N–H and O–H groups in total. The Balaban J connectivity index is 1.50. The van der Waals surface area contributed by atoms with Crippen LogP contribution in [0.3, 0.4) is 0 Å². The van der Waals surface area contributed by atoms with Gasteiger partial charge < -0.3 is 10.1 Å². The van der Waals surface area contributed by atoms with Crippen molar-refractivity contribution in [1.29, 1.82) is 0 Å². The zero-order chi connectivity index (χ0) is 15.0. The molecule has 1 aliphatic heterocycles. The zero-order valence-corrected chi connectivity index (χ0v) is 13.5. The van der Waals surface area contributed by atoms with Gasteiger partial charge in [0.25, 0.3) is 0 Å². The molecule has 1 heterocycles. The summed E-state index contributed by atoms with van der Waals surface area (Å²) < 4.78 is 5.44. The Morgan fingerprint density at radius 1 is 1.09 bits per heavy atom. The highest BCUT2D eigenvalue weighted by atomic mass is 16.5. The van der Waals surface area contributed by atoms with E-state index in [9.17, 15) is 0 Å². The third-order valence-corrected chi connectivity index (χ3v) is 4.74. The number of morpholine rings is 1. The Morgan fingerprint density at radius 2 is 1.91 bits per heavy atom. The van der Waals surface area contributed by atoms with Crippen LogP contribution in [0, 0.1) is 5.92 Å². The van der Waals surface area contributed by atoms with Gasteiger partial charge in [-0.15, -0.1) is 0 Å². The molecular formula is C19H28N2O. The molecule has 0 radical (unpaired) electrons. The van der Waals surface area contributed by atoms with Crippen molar-refractivity contribution in [3.63, 3.8) is 0 Å². The lowest BCUT2D eigenvalue weighted by Gasteiger charge is -2.27. The number of allylic oxidation sites excluding steroid dienone is 2. The second kappa shape index (κ2) is 8.47. The molecule has 1 atom stereocenters. The highest BCUT2D eigenvalue weighted by Gasteiger charge is 2.13. The number of ether oxygens (including phenoxy) is 1. The van der Waals surface area contributed by atoms with Crippen LogP contribution in [0.4, 0.5) is 0 Å². The minimum Gasteiger partial charge on any atom is -0.379 e. The fourth-order valence-corrected chi connectivity index (χ4v) is 3.34. The minimum atomic E-state index is 0.816. The van der Waals surface area contributed by atoms with Gasteiger partial charge in [0.2, 0.25) is 0 Å². The van der Waals surface area contributed by atoms with Crippen LogP contribution >= 0.6 is 0 Å². The Bertz CT molecular complexity index is 480. The highest BCUT2D eigenvalue weighted by Crippen LogP contribution is 2.18. The van der Waals surface area contributed by atoms with E-state index in [1.165, 1.54) is 30.4 Å². The predicted octanol–water partition coefficient (Wildman–Crippen LogP) is 2.96. The molecule has 1 aliphatic carbocycles. The van der Waals surface area contributed by atoms with E-state index >= 15 is 0 Å². The van der Waals surface area contributed by atoms with E-state index < -0.39 is 0 Å². The van der Waals surface area contributed by atoms with Gasteiger partial charge in [-0.05, 0) is 42.9 Å². The van der Waals surface area contributed by atoms with Crippen molar-refractivity contribution < 1.29 is 4.74 Å². The van der Waals surface area contributed by atoms with Crippen LogP contribution in [-0.4, -0.2) is 37.7 Å². The van der Waals surface area contributed by atoms with E-state index in [-0.39, 0.29) is 0 Å². The summed E-state index contributed by atoms with van der Waals surface area (Å²) in [5.74, 6) is 0.816. The minimum absolute atomic E-state index is 0.816. The SMILES string of the molecule is C1=CCC(CNCc2ccccc2CN2CCOCC2)CC1. The lowest BCUT2D eigenvalue weighted by atomic mass is 9.94. The van der Waals surface area contributed by atoms with Crippen molar-refractivity contribution in [2.24, 2.45) is 5.92 Å². The van der Waals surface area contributed by atoms with E-state index in [2.05, 4.69) is 46.6 Å². The Labute approximate surface area is 134 Å². The Morgan fingerprint density at radius 3 is 2.68 bits per heavy atom. The van der Waals surface area contributed by atoms with Gasteiger partial charge in [-0.3, -0.25) is 4.90 Å². The molecule has 22 heavy (non-hydrogen) atoms. The number of hydrogen-bond acceptors (Lipinski definition) is 3. The second-order valence-electron chi connectivity index (χ2n) is 6.44. The van der Waals surface area contributed by atoms with Gasteiger partial charge in [0.15, 0.2) is 0 Å². The third-order valence-electron chi connectivity index (χ3n) is 4.74. The van der Waals surface area contributed by atoms with E-state index in [4.69, 9.17) is 4.74 Å². The summed E-state index contributed by atoms with van der Waals surface area (Å²) in [6.45, 7) is 7.02. The van der Waals surface area contributed by atoms with Gasteiger partial charge in [-0.1, -0.05) is 36.4 Å². The van der Waals surface area contributed by atoms with Crippen molar-refractivity contribution in [2.75, 3.05) is 32.8 Å². The van der Waals surface area contributed by atoms with Gasteiger partial charge in [0.05, 0.1) is 13.2 Å². The maximum absolute atomic E-state index is 5.44. The molecule has 3 rings (SSSR count). The van der Waals surface area contributed by atoms with Crippen LogP contribution in [0.2, 0.25) is 0 Å². The topological polar surface area (TPSA) is 24.5 Å². The van der Waals surface area contributed by atoms with Gasteiger partial charge in [-0.25, -0.2) is 0 Å². The second-order valence-corrected chi connectivity index (χ2v) is 6.44. The summed E-state index contributed by atoms with van der Waals surface area (Å²) in [5.41, 5.74) is 2.90. The largest absolute Gasteiger partial charge is 0.379 e. The third kappa shape index (κ3) is 4.67. The molecule has 0 aromatic heterocycles. The maximum Gasteiger partial charge on any atom is 0.0594 e. The van der Waals surface area contributed by atoms with Crippen LogP contribution in [0.5, 0.6) is 0 Å². The fraction of sp³-hybridized carbons (Fsp3) is 0.579. The van der Waals surface area contributed by atoms with Gasteiger partial charge in [0, 0.05) is 26.2 Å². The summed E-state index contributed by atoms with van der Waals surface area (Å²) in [6.07, 6.45) is 8.47. The average molecular weight is 300 g/mol. The fourth-order valence-electron chi connectivity index (χ4n) is 3.34. The Hall–Kier alpha value is -1.16. The monoisotopic (exact) mass is 300 g/mol. The molecule has 3 nitrogen and oxygen atoms in total. The number of benzene rings is 1. The average Bonchev–Trinajstić information content (AvgIpc) is 2.58. The smallest absolute Gasteiger partial charge is 0.0594 e. The van der Waals surface area contributed by atoms with Crippen LogP contribution in [-0.2, 0) is 17.8 Å². The summed E-state index contributed by atoms with van der Waals surface area (Å²) in [5, 5.41) is 3.67. The molecule has 1 aromatic rings. The number of nitrogens with zero attached hydrogens (tertiary/aromatic N) is 1. The number of nitrogens with one attached hydrogen (secondary N) is 1. The van der Waals surface area contributed by atoms with Crippen LogP contribution in [0.15, 0.2) is 36.4 Å². The van der Waals surface area contributed by atoms with Crippen molar-refractivity contribution in [3.05, 3.63) is 47.5 Å². The molecular weight excluding hydrogens is 272 g/mol. The van der Waals surface area contributed by atoms with Crippen LogP contribution < -0.4 is 5.32 Å². The molecule has 0 bridgehead atoms. The van der Waals surface area contributed by atoms with Crippen molar-refractivity contribution in [2.45, 2.75) is 32.4 Å². The first-order valence-electron chi connectivity index (χ1n) is 8.64. The summed E-state index contributed by atoms with van der Waals surface area (Å²) in [6, 6.07) is 8.85. The van der Waals surface area contributed by atoms with Gasteiger partial charge in [0.1, 0.15) is 0 Å². The zero-order valence-electron chi connectivity index (χ0n) is 13.5. The first kappa shape index (κ1) is 15.7. The van der Waals surface area contributed by atoms with Crippen molar-refractivity contribution in [1.82, 2.24) is 10.2 Å². The van der Waals surface area contributed by atoms with E-state index in [1.807, 2.05) is 0 Å². The van der Waals surface area contributed by atoms with Gasteiger partial charge in [-0.2, -0.15) is 0 Å². The molecule has 120 valence electrons. The van der Waals surface area contributed by atoms with Crippen LogP contribution in [0.25, 0.3) is 0 Å². The molecule has 1 saturated heterocycles. The quantitative estimate of drug-likeness (QED) is 0.818. The van der Waals surface area contributed by atoms with Gasteiger partial charge >= 0.3 is 0 Å². The lowest BCUT2D eigenvalue weighted by Crippen LogP contribution is -2.36. The molecule has 2 aliphatic rings. The first-order valence-corrected chi connectivity index (χ1v) is 8.64. The Kier molecular flexibility index (Phi) is 6.05. The maximum atomic E-state index is 5.44. The van der Waals surface area contributed by atoms with Crippen molar-refractivity contribution in [3.8, 4) is 0 Å². The molecule has 1 aromatic carbocycles.